The molecule has 5 heteroatoms. The lowest BCUT2D eigenvalue weighted by Crippen LogP contribution is -2.39. The molecule has 22 heavy (non-hydrogen) atoms. The Bertz CT molecular complexity index is 686. The molecule has 0 saturated heterocycles. The third kappa shape index (κ3) is 3.91. The normalized spacial score (nSPS) is 10.3. The molecule has 0 aliphatic heterocycles. The van der Waals surface area contributed by atoms with Gasteiger partial charge in [0.05, 0.1) is 0 Å². The van der Waals surface area contributed by atoms with Crippen LogP contribution in [-0.2, 0) is 22.7 Å². The standard InChI is InChI=1S/C17H17FN2O2/c1-12-9-15(18)8-7-14(12)11-20(17(22)16(19)21)10-13-5-3-2-4-6-13/h2-9H,10-11H2,1H3,(H2,19,21). The Morgan fingerprint density at radius 3 is 2.36 bits per heavy atom. The number of nitrogens with two attached hydrogens (primary N) is 1. The van der Waals surface area contributed by atoms with E-state index in [9.17, 15) is 14.0 Å². The van der Waals surface area contributed by atoms with Crippen molar-refractivity contribution in [2.45, 2.75) is 20.0 Å². The molecule has 2 amide bonds. The molecule has 0 atom stereocenters. The Kier molecular flexibility index (Phi) is 4.88. The van der Waals surface area contributed by atoms with Gasteiger partial charge in [0.1, 0.15) is 5.82 Å². The van der Waals surface area contributed by atoms with Crippen LogP contribution in [0.25, 0.3) is 0 Å². The number of primary amides is 1. The minimum Gasteiger partial charge on any atom is -0.361 e. The predicted molar refractivity (Wildman–Crippen MR) is 81.0 cm³/mol. The maximum Gasteiger partial charge on any atom is 0.312 e. The fourth-order valence-electron chi connectivity index (χ4n) is 2.20. The fraction of sp³-hybridized carbons (Fsp3) is 0.176. The maximum absolute atomic E-state index is 13.2. The molecule has 0 aliphatic carbocycles. The molecule has 0 radical (unpaired) electrons. The lowest BCUT2D eigenvalue weighted by Gasteiger charge is -2.22. The van der Waals surface area contributed by atoms with Crippen molar-refractivity contribution in [1.29, 1.82) is 0 Å². The largest absolute Gasteiger partial charge is 0.361 e. The monoisotopic (exact) mass is 300 g/mol. The van der Waals surface area contributed by atoms with Crippen LogP contribution in [0, 0.1) is 12.7 Å². The van der Waals surface area contributed by atoms with E-state index in [0.717, 1.165) is 16.7 Å². The third-order valence-corrected chi connectivity index (χ3v) is 3.38. The molecule has 0 unspecified atom stereocenters. The highest BCUT2D eigenvalue weighted by atomic mass is 19.1. The summed E-state index contributed by atoms with van der Waals surface area (Å²) in [6.07, 6.45) is 0. The average molecular weight is 300 g/mol. The quantitative estimate of drug-likeness (QED) is 0.879. The topological polar surface area (TPSA) is 63.4 Å². The predicted octanol–water partition coefficient (Wildman–Crippen LogP) is 2.15. The van der Waals surface area contributed by atoms with Gasteiger partial charge in [-0.2, -0.15) is 0 Å². The van der Waals surface area contributed by atoms with E-state index in [0.29, 0.717) is 0 Å². The summed E-state index contributed by atoms with van der Waals surface area (Å²) in [5.74, 6) is -2.10. The van der Waals surface area contributed by atoms with Gasteiger partial charge in [-0.3, -0.25) is 9.59 Å². The molecular weight excluding hydrogens is 283 g/mol. The summed E-state index contributed by atoms with van der Waals surface area (Å²) in [7, 11) is 0. The summed E-state index contributed by atoms with van der Waals surface area (Å²) in [5.41, 5.74) is 7.49. The molecule has 0 saturated carbocycles. The molecule has 0 aromatic heterocycles. The number of carbonyl (C=O) groups excluding carboxylic acids is 2. The molecule has 114 valence electrons. The number of halogens is 1. The van der Waals surface area contributed by atoms with Crippen molar-refractivity contribution in [2.75, 3.05) is 0 Å². The van der Waals surface area contributed by atoms with E-state index in [-0.39, 0.29) is 18.9 Å². The van der Waals surface area contributed by atoms with E-state index in [1.54, 1.807) is 13.0 Å². The highest BCUT2D eigenvalue weighted by molar-refractivity contribution is 6.34. The van der Waals surface area contributed by atoms with Crippen LogP contribution in [0.5, 0.6) is 0 Å². The SMILES string of the molecule is Cc1cc(F)ccc1CN(Cc1ccccc1)C(=O)C(N)=O. The van der Waals surface area contributed by atoms with Crippen LogP contribution in [0.1, 0.15) is 16.7 Å². The van der Waals surface area contributed by atoms with Gasteiger partial charge in [-0.25, -0.2) is 4.39 Å². The van der Waals surface area contributed by atoms with Gasteiger partial charge in [-0.05, 0) is 35.7 Å². The van der Waals surface area contributed by atoms with Crippen LogP contribution in [0.3, 0.4) is 0 Å². The van der Waals surface area contributed by atoms with Gasteiger partial charge < -0.3 is 10.6 Å². The third-order valence-electron chi connectivity index (χ3n) is 3.38. The van der Waals surface area contributed by atoms with Crippen LogP contribution in [0.15, 0.2) is 48.5 Å². The van der Waals surface area contributed by atoms with Crippen LogP contribution in [0.2, 0.25) is 0 Å². The number of carbonyl (C=O) groups is 2. The van der Waals surface area contributed by atoms with E-state index in [4.69, 9.17) is 5.73 Å². The lowest BCUT2D eigenvalue weighted by molar-refractivity contribution is -0.145. The molecular formula is C17H17FN2O2. The molecule has 2 aromatic carbocycles. The van der Waals surface area contributed by atoms with Crippen LogP contribution >= 0.6 is 0 Å². The molecule has 0 spiro atoms. The van der Waals surface area contributed by atoms with Gasteiger partial charge in [0, 0.05) is 13.1 Å². The van der Waals surface area contributed by atoms with Gasteiger partial charge in [0.15, 0.2) is 0 Å². The zero-order chi connectivity index (χ0) is 16.1. The first kappa shape index (κ1) is 15.7. The Labute approximate surface area is 128 Å². The van der Waals surface area contributed by atoms with Crippen LogP contribution in [0.4, 0.5) is 4.39 Å². The maximum atomic E-state index is 13.2. The first-order chi connectivity index (χ1) is 10.5. The first-order valence-electron chi connectivity index (χ1n) is 6.85. The second-order valence-corrected chi connectivity index (χ2v) is 5.08. The van der Waals surface area contributed by atoms with E-state index >= 15 is 0 Å². The second kappa shape index (κ2) is 6.85. The van der Waals surface area contributed by atoms with Crippen molar-refractivity contribution in [3.05, 3.63) is 71.0 Å². The Morgan fingerprint density at radius 1 is 1.09 bits per heavy atom. The number of amides is 2. The summed E-state index contributed by atoms with van der Waals surface area (Å²) in [5, 5.41) is 0. The number of benzene rings is 2. The summed E-state index contributed by atoms with van der Waals surface area (Å²) < 4.78 is 13.2. The number of hydrogen-bond donors (Lipinski definition) is 1. The van der Waals surface area contributed by atoms with Crippen molar-refractivity contribution in [3.8, 4) is 0 Å². The number of aryl methyl sites for hydroxylation is 1. The summed E-state index contributed by atoms with van der Waals surface area (Å²) >= 11 is 0. The van der Waals surface area contributed by atoms with Gasteiger partial charge in [0.2, 0.25) is 0 Å². The average Bonchev–Trinajstić information content (AvgIpc) is 2.49. The minimum absolute atomic E-state index is 0.197. The van der Waals surface area contributed by atoms with Crippen molar-refractivity contribution in [3.63, 3.8) is 0 Å². The second-order valence-electron chi connectivity index (χ2n) is 5.08. The van der Waals surface area contributed by atoms with Crippen molar-refractivity contribution < 1.29 is 14.0 Å². The van der Waals surface area contributed by atoms with E-state index in [2.05, 4.69) is 0 Å². The number of hydrogen-bond acceptors (Lipinski definition) is 2. The highest BCUT2D eigenvalue weighted by Gasteiger charge is 2.20. The Hall–Kier alpha value is -2.69. The van der Waals surface area contributed by atoms with Gasteiger partial charge in [-0.1, -0.05) is 36.4 Å². The summed E-state index contributed by atoms with van der Waals surface area (Å²) in [4.78, 5) is 24.6. The van der Waals surface area contributed by atoms with Crippen molar-refractivity contribution in [2.24, 2.45) is 5.73 Å². The zero-order valence-electron chi connectivity index (χ0n) is 12.3. The summed E-state index contributed by atoms with van der Waals surface area (Å²) in [6, 6.07) is 13.6. The van der Waals surface area contributed by atoms with Crippen molar-refractivity contribution in [1.82, 2.24) is 4.90 Å². The van der Waals surface area contributed by atoms with Gasteiger partial charge in [-0.15, -0.1) is 0 Å². The van der Waals surface area contributed by atoms with E-state index in [1.165, 1.54) is 17.0 Å². The molecule has 0 heterocycles. The first-order valence-corrected chi connectivity index (χ1v) is 6.85. The summed E-state index contributed by atoms with van der Waals surface area (Å²) in [6.45, 7) is 2.22. The van der Waals surface area contributed by atoms with Crippen LogP contribution in [-0.4, -0.2) is 16.7 Å². The minimum atomic E-state index is -1.00. The number of rotatable bonds is 4. The smallest absolute Gasteiger partial charge is 0.312 e. The molecule has 0 aliphatic rings. The van der Waals surface area contributed by atoms with Crippen LogP contribution < -0.4 is 5.73 Å². The lowest BCUT2D eigenvalue weighted by atomic mass is 10.1. The molecule has 2 N–H and O–H groups in total. The zero-order valence-corrected chi connectivity index (χ0v) is 12.3. The number of nitrogens with zero attached hydrogens (tertiary/aromatic N) is 1. The molecule has 0 bridgehead atoms. The van der Waals surface area contributed by atoms with E-state index in [1.807, 2.05) is 30.3 Å². The van der Waals surface area contributed by atoms with Gasteiger partial charge in [0.25, 0.3) is 0 Å². The molecule has 0 fully saturated rings. The molecule has 4 nitrogen and oxygen atoms in total. The van der Waals surface area contributed by atoms with Crippen molar-refractivity contribution >= 4 is 11.8 Å². The molecule has 2 aromatic rings. The molecule has 2 rings (SSSR count). The Balaban J connectivity index is 2.24. The Morgan fingerprint density at radius 2 is 1.77 bits per heavy atom. The fourth-order valence-corrected chi connectivity index (χ4v) is 2.20. The van der Waals surface area contributed by atoms with Gasteiger partial charge >= 0.3 is 11.8 Å². The highest BCUT2D eigenvalue weighted by Crippen LogP contribution is 2.15. The van der Waals surface area contributed by atoms with E-state index < -0.39 is 11.8 Å².